The molecule has 0 spiro atoms. The number of ether oxygens (including phenoxy) is 1. The molecule has 0 saturated heterocycles. The maximum atomic E-state index is 12.6. The molecule has 2 heterocycles. The number of para-hydroxylation sites is 1. The number of hydrogen-bond acceptors (Lipinski definition) is 5. The molecule has 7 heteroatoms. The number of carbonyl (C=O) groups excluding carboxylic acids is 2. The summed E-state index contributed by atoms with van der Waals surface area (Å²) >= 11 is 0. The number of carbonyl (C=O) groups is 2. The molecular formula is C21H18N4O3. The van der Waals surface area contributed by atoms with E-state index in [-0.39, 0.29) is 0 Å². The summed E-state index contributed by atoms with van der Waals surface area (Å²) in [4.78, 5) is 36.5. The lowest BCUT2D eigenvalue weighted by atomic mass is 10.1. The van der Waals surface area contributed by atoms with Crippen molar-refractivity contribution in [3.05, 3.63) is 66.1 Å². The van der Waals surface area contributed by atoms with Crippen molar-refractivity contribution in [1.82, 2.24) is 15.0 Å². The third-order valence-corrected chi connectivity index (χ3v) is 4.41. The lowest BCUT2D eigenvalue weighted by molar-refractivity contribution is -0.123. The van der Waals surface area contributed by atoms with Gasteiger partial charge in [0.05, 0.1) is 34.1 Å². The number of H-pyrrole nitrogens is 1. The van der Waals surface area contributed by atoms with E-state index in [1.807, 2.05) is 31.2 Å². The van der Waals surface area contributed by atoms with E-state index in [1.165, 1.54) is 6.92 Å². The number of amides is 1. The van der Waals surface area contributed by atoms with Crippen molar-refractivity contribution >= 4 is 39.5 Å². The van der Waals surface area contributed by atoms with Crippen LogP contribution in [0.5, 0.6) is 0 Å². The zero-order valence-corrected chi connectivity index (χ0v) is 15.4. The summed E-state index contributed by atoms with van der Waals surface area (Å²) < 4.78 is 5.34. The molecule has 2 aromatic heterocycles. The molecule has 0 fully saturated rings. The zero-order chi connectivity index (χ0) is 19.7. The minimum absolute atomic E-state index is 0.349. The van der Waals surface area contributed by atoms with E-state index in [2.05, 4.69) is 20.3 Å². The second kappa shape index (κ2) is 7.11. The number of anilines is 1. The number of aromatic nitrogens is 3. The minimum Gasteiger partial charge on any atom is -0.449 e. The summed E-state index contributed by atoms with van der Waals surface area (Å²) in [6.07, 6.45) is 0.592. The summed E-state index contributed by atoms with van der Waals surface area (Å²) in [5.41, 5.74) is 4.03. The first kappa shape index (κ1) is 17.7. The predicted octanol–water partition coefficient (Wildman–Crippen LogP) is 3.60. The van der Waals surface area contributed by atoms with Gasteiger partial charge in [-0.2, -0.15) is 0 Å². The fourth-order valence-electron chi connectivity index (χ4n) is 2.99. The highest BCUT2D eigenvalue weighted by Crippen LogP contribution is 2.23. The van der Waals surface area contributed by atoms with Gasteiger partial charge in [0.25, 0.3) is 5.91 Å². The zero-order valence-electron chi connectivity index (χ0n) is 15.4. The van der Waals surface area contributed by atoms with Gasteiger partial charge >= 0.3 is 5.97 Å². The number of nitrogens with one attached hydrogen (secondary N) is 2. The van der Waals surface area contributed by atoms with Gasteiger partial charge in [-0.1, -0.05) is 18.2 Å². The molecule has 7 nitrogen and oxygen atoms in total. The summed E-state index contributed by atoms with van der Waals surface area (Å²) in [7, 11) is 0. The lowest BCUT2D eigenvalue weighted by Crippen LogP contribution is -2.30. The molecule has 0 aliphatic rings. The van der Waals surface area contributed by atoms with Crippen molar-refractivity contribution in [2.24, 2.45) is 0 Å². The first-order valence-electron chi connectivity index (χ1n) is 8.82. The largest absolute Gasteiger partial charge is 0.449 e. The molecule has 1 amide bonds. The molecule has 1 atom stereocenters. The van der Waals surface area contributed by atoms with E-state index < -0.39 is 18.0 Å². The third kappa shape index (κ3) is 3.42. The van der Waals surface area contributed by atoms with E-state index in [9.17, 15) is 9.59 Å². The van der Waals surface area contributed by atoms with Crippen molar-refractivity contribution in [2.75, 3.05) is 5.32 Å². The van der Waals surface area contributed by atoms with Crippen molar-refractivity contribution in [3.63, 3.8) is 0 Å². The van der Waals surface area contributed by atoms with Gasteiger partial charge in [-0.3, -0.25) is 9.78 Å². The van der Waals surface area contributed by atoms with Crippen molar-refractivity contribution in [3.8, 4) is 0 Å². The predicted molar refractivity (Wildman–Crippen MR) is 106 cm³/mol. The number of pyridine rings is 1. The topological polar surface area (TPSA) is 97.0 Å². The Labute approximate surface area is 160 Å². The van der Waals surface area contributed by atoms with Gasteiger partial charge in [0.15, 0.2) is 6.10 Å². The summed E-state index contributed by atoms with van der Waals surface area (Å²) in [6.45, 7) is 3.40. The number of esters is 1. The Morgan fingerprint density at radius 3 is 2.79 bits per heavy atom. The molecule has 1 unspecified atom stereocenters. The van der Waals surface area contributed by atoms with E-state index in [4.69, 9.17) is 4.74 Å². The minimum atomic E-state index is -0.961. The maximum Gasteiger partial charge on any atom is 0.338 e. The van der Waals surface area contributed by atoms with Crippen LogP contribution in [0.25, 0.3) is 21.9 Å². The number of imidazole rings is 1. The van der Waals surface area contributed by atoms with Crippen LogP contribution < -0.4 is 5.32 Å². The molecule has 0 bridgehead atoms. The highest BCUT2D eigenvalue weighted by atomic mass is 16.5. The number of hydrogen-bond donors (Lipinski definition) is 2. The molecule has 4 rings (SSSR count). The fraction of sp³-hybridized carbons (Fsp3) is 0.143. The highest BCUT2D eigenvalue weighted by Gasteiger charge is 2.20. The van der Waals surface area contributed by atoms with E-state index in [0.29, 0.717) is 11.3 Å². The number of benzene rings is 2. The van der Waals surface area contributed by atoms with Crippen LogP contribution in [0.15, 0.2) is 54.9 Å². The van der Waals surface area contributed by atoms with Crippen LogP contribution in [0.1, 0.15) is 23.0 Å². The van der Waals surface area contributed by atoms with Gasteiger partial charge in [-0.15, -0.1) is 0 Å². The molecule has 140 valence electrons. The highest BCUT2D eigenvalue weighted by molar-refractivity contribution is 6.03. The second-order valence-electron chi connectivity index (χ2n) is 6.50. The Bertz CT molecular complexity index is 1200. The van der Waals surface area contributed by atoms with Gasteiger partial charge in [-0.25, -0.2) is 9.78 Å². The number of rotatable bonds is 4. The third-order valence-electron chi connectivity index (χ3n) is 4.41. The standard InChI is InChI=1S/C21H18N4O3/c1-12-9-18(15-5-3-4-6-16(15)24-12)25-20(26)13(2)28-21(27)14-7-8-17-19(10-14)23-11-22-17/h3-11,13H,1-2H3,(H,22,23)(H,24,25,26). The Morgan fingerprint density at radius 2 is 1.93 bits per heavy atom. The Balaban J connectivity index is 1.50. The average molecular weight is 374 g/mol. The molecule has 0 aliphatic carbocycles. The number of fused-ring (bicyclic) bond motifs is 2. The van der Waals surface area contributed by atoms with Gasteiger partial charge in [0.1, 0.15) is 0 Å². The number of nitrogens with zero attached hydrogens (tertiary/aromatic N) is 2. The van der Waals surface area contributed by atoms with Crippen LogP contribution in [0.2, 0.25) is 0 Å². The molecule has 2 N–H and O–H groups in total. The number of aromatic amines is 1. The van der Waals surface area contributed by atoms with Crippen molar-refractivity contribution in [1.29, 1.82) is 0 Å². The first-order chi connectivity index (χ1) is 13.5. The van der Waals surface area contributed by atoms with Crippen molar-refractivity contribution < 1.29 is 14.3 Å². The molecule has 0 radical (unpaired) electrons. The summed E-state index contributed by atoms with van der Waals surface area (Å²) in [5, 5.41) is 3.66. The SMILES string of the molecule is Cc1cc(NC(=O)C(C)OC(=O)c2ccc3nc[nH]c3c2)c2ccccc2n1. The molecule has 0 aliphatic heterocycles. The monoisotopic (exact) mass is 374 g/mol. The quantitative estimate of drug-likeness (QED) is 0.532. The maximum absolute atomic E-state index is 12.6. The molecule has 28 heavy (non-hydrogen) atoms. The van der Waals surface area contributed by atoms with Crippen LogP contribution in [0.3, 0.4) is 0 Å². The Kier molecular flexibility index (Phi) is 4.49. The normalized spacial score (nSPS) is 12.1. The molecule has 2 aromatic carbocycles. The van der Waals surface area contributed by atoms with Crippen LogP contribution >= 0.6 is 0 Å². The van der Waals surface area contributed by atoms with Crippen molar-refractivity contribution in [2.45, 2.75) is 20.0 Å². The van der Waals surface area contributed by atoms with Gasteiger partial charge in [0, 0.05) is 11.1 Å². The van der Waals surface area contributed by atoms with Gasteiger partial charge in [-0.05, 0) is 44.2 Å². The van der Waals surface area contributed by atoms with Gasteiger partial charge in [0.2, 0.25) is 0 Å². The number of aryl methyl sites for hydroxylation is 1. The molecule has 0 saturated carbocycles. The molecular weight excluding hydrogens is 356 g/mol. The first-order valence-corrected chi connectivity index (χ1v) is 8.82. The Morgan fingerprint density at radius 1 is 1.11 bits per heavy atom. The van der Waals surface area contributed by atoms with Crippen LogP contribution in [0, 0.1) is 6.92 Å². The summed E-state index contributed by atoms with van der Waals surface area (Å²) in [5.74, 6) is -0.985. The molecule has 4 aromatic rings. The van der Waals surface area contributed by atoms with E-state index in [0.717, 1.165) is 27.6 Å². The Hall–Kier alpha value is -3.74. The van der Waals surface area contributed by atoms with E-state index in [1.54, 1.807) is 30.6 Å². The van der Waals surface area contributed by atoms with Gasteiger partial charge < -0.3 is 15.0 Å². The van der Waals surface area contributed by atoms with Crippen LogP contribution in [-0.4, -0.2) is 32.9 Å². The van der Waals surface area contributed by atoms with E-state index >= 15 is 0 Å². The van der Waals surface area contributed by atoms with Crippen LogP contribution in [-0.2, 0) is 9.53 Å². The summed E-state index contributed by atoms with van der Waals surface area (Å²) in [6, 6.07) is 14.3. The average Bonchev–Trinajstić information content (AvgIpc) is 3.15. The smallest absolute Gasteiger partial charge is 0.338 e. The lowest BCUT2D eigenvalue weighted by Gasteiger charge is -2.15. The fourth-order valence-corrected chi connectivity index (χ4v) is 2.99. The van der Waals surface area contributed by atoms with Crippen LogP contribution in [0.4, 0.5) is 5.69 Å². The second-order valence-corrected chi connectivity index (χ2v) is 6.50.